The lowest BCUT2D eigenvalue weighted by Gasteiger charge is -2.22. The minimum Gasteiger partial charge on any atom is -0.465 e. The minimum absolute atomic E-state index is 0.0281. The van der Waals surface area contributed by atoms with Gasteiger partial charge in [0.05, 0.1) is 18.1 Å². The van der Waals surface area contributed by atoms with Crippen LogP contribution in [0.15, 0.2) is 16.5 Å². The molecule has 1 aromatic rings. The third-order valence-corrected chi connectivity index (χ3v) is 4.73. The molecule has 0 saturated carbocycles. The van der Waals surface area contributed by atoms with E-state index in [1.807, 2.05) is 13.0 Å². The first-order valence-corrected chi connectivity index (χ1v) is 8.02. The van der Waals surface area contributed by atoms with Crippen molar-refractivity contribution in [2.24, 2.45) is 0 Å². The summed E-state index contributed by atoms with van der Waals surface area (Å²) in [5.74, 6) is 1.49. The predicted molar refractivity (Wildman–Crippen MR) is 70.4 cm³/mol. The van der Waals surface area contributed by atoms with E-state index in [4.69, 9.17) is 4.42 Å². The van der Waals surface area contributed by atoms with Crippen molar-refractivity contribution in [2.75, 3.05) is 18.1 Å². The van der Waals surface area contributed by atoms with E-state index in [9.17, 15) is 13.2 Å². The van der Waals surface area contributed by atoms with Crippen LogP contribution in [0.2, 0.25) is 0 Å². The number of rotatable bonds is 4. The molecule has 1 atom stereocenters. The van der Waals surface area contributed by atoms with Gasteiger partial charge >= 0.3 is 0 Å². The molecule has 2 N–H and O–H groups in total. The summed E-state index contributed by atoms with van der Waals surface area (Å²) in [6, 6.07) is 3.34. The zero-order valence-corrected chi connectivity index (χ0v) is 11.6. The molecule has 106 valence electrons. The molecule has 1 aromatic heterocycles. The van der Waals surface area contributed by atoms with Crippen LogP contribution in [0.5, 0.6) is 0 Å². The summed E-state index contributed by atoms with van der Waals surface area (Å²) < 4.78 is 28.2. The normalized spacial score (nSPS) is 22.1. The Balaban J connectivity index is 1.78. The molecular weight excluding hydrogens is 268 g/mol. The second-order valence-electron chi connectivity index (χ2n) is 4.76. The highest BCUT2D eigenvalue weighted by Gasteiger charge is 2.25. The lowest BCUT2D eigenvalue weighted by Crippen LogP contribution is -2.47. The first-order valence-electron chi connectivity index (χ1n) is 6.20. The largest absolute Gasteiger partial charge is 0.465 e. The topological polar surface area (TPSA) is 88.4 Å². The number of nitrogens with one attached hydrogen (secondary N) is 2. The van der Waals surface area contributed by atoms with Crippen molar-refractivity contribution in [3.63, 3.8) is 0 Å². The molecule has 2 rings (SSSR count). The van der Waals surface area contributed by atoms with Gasteiger partial charge in [-0.15, -0.1) is 0 Å². The zero-order chi connectivity index (χ0) is 13.9. The number of carbonyl (C=O) groups is 1. The van der Waals surface area contributed by atoms with Gasteiger partial charge in [-0.2, -0.15) is 0 Å². The number of hydrogen-bond donors (Lipinski definition) is 2. The van der Waals surface area contributed by atoms with Crippen LogP contribution in [0, 0.1) is 6.92 Å². The molecule has 0 radical (unpaired) electrons. The van der Waals surface area contributed by atoms with Gasteiger partial charge in [-0.05, 0) is 19.1 Å². The summed E-state index contributed by atoms with van der Waals surface area (Å²) >= 11 is 0. The smallest absolute Gasteiger partial charge is 0.221 e. The highest BCUT2D eigenvalue weighted by atomic mass is 32.2. The lowest BCUT2D eigenvalue weighted by molar-refractivity contribution is -0.121. The highest BCUT2D eigenvalue weighted by molar-refractivity contribution is 7.91. The van der Waals surface area contributed by atoms with Crippen molar-refractivity contribution in [1.29, 1.82) is 0 Å². The van der Waals surface area contributed by atoms with Gasteiger partial charge in [0.25, 0.3) is 0 Å². The van der Waals surface area contributed by atoms with Gasteiger partial charge < -0.3 is 15.1 Å². The van der Waals surface area contributed by atoms with Crippen LogP contribution in [-0.2, 0) is 21.2 Å². The van der Waals surface area contributed by atoms with Gasteiger partial charge in [-0.25, -0.2) is 8.42 Å². The monoisotopic (exact) mass is 286 g/mol. The zero-order valence-electron chi connectivity index (χ0n) is 10.8. The lowest BCUT2D eigenvalue weighted by atomic mass is 10.2. The Bertz CT molecular complexity index is 550. The molecular formula is C12H18N2O4S. The van der Waals surface area contributed by atoms with Crippen LogP contribution in [0.3, 0.4) is 0 Å². The molecule has 7 heteroatoms. The van der Waals surface area contributed by atoms with Crippen molar-refractivity contribution in [3.8, 4) is 0 Å². The van der Waals surface area contributed by atoms with Crippen LogP contribution in [0.4, 0.5) is 0 Å². The SMILES string of the molecule is Cc1ccc(CNC(=O)CC2CS(=O)(=O)CCN2)o1. The molecule has 0 aromatic carbocycles. The summed E-state index contributed by atoms with van der Waals surface area (Å²) in [6.07, 6.45) is 0.166. The van der Waals surface area contributed by atoms with Crippen molar-refractivity contribution >= 4 is 15.7 Å². The predicted octanol–water partition coefficient (Wildman–Crippen LogP) is -0.0191. The van der Waals surface area contributed by atoms with E-state index in [1.54, 1.807) is 6.07 Å². The maximum atomic E-state index is 11.7. The molecule has 19 heavy (non-hydrogen) atoms. The van der Waals surface area contributed by atoms with Crippen molar-refractivity contribution < 1.29 is 17.6 Å². The Morgan fingerprint density at radius 1 is 1.53 bits per heavy atom. The molecule has 1 aliphatic rings. The number of carbonyl (C=O) groups excluding carboxylic acids is 1. The quantitative estimate of drug-likeness (QED) is 0.812. The van der Waals surface area contributed by atoms with E-state index in [0.29, 0.717) is 18.8 Å². The molecule has 2 heterocycles. The van der Waals surface area contributed by atoms with E-state index in [1.165, 1.54) is 0 Å². The highest BCUT2D eigenvalue weighted by Crippen LogP contribution is 2.07. The average Bonchev–Trinajstić information content (AvgIpc) is 2.71. The standard InChI is InChI=1S/C12H18N2O4S/c1-9-2-3-11(18-9)7-14-12(15)6-10-8-19(16,17)5-4-13-10/h2-3,10,13H,4-8H2,1H3,(H,14,15). The third kappa shape index (κ3) is 4.36. The van der Waals surface area contributed by atoms with E-state index in [-0.39, 0.29) is 29.9 Å². The van der Waals surface area contributed by atoms with Crippen LogP contribution in [-0.4, -0.2) is 38.4 Å². The van der Waals surface area contributed by atoms with Crippen LogP contribution < -0.4 is 10.6 Å². The van der Waals surface area contributed by atoms with E-state index < -0.39 is 9.84 Å². The minimum atomic E-state index is -3.00. The first-order chi connectivity index (χ1) is 8.94. The Morgan fingerprint density at radius 2 is 2.32 bits per heavy atom. The summed E-state index contributed by atoms with van der Waals surface area (Å²) in [5, 5.41) is 5.76. The molecule has 0 bridgehead atoms. The number of aryl methyl sites for hydroxylation is 1. The first kappa shape index (κ1) is 14.1. The molecule has 1 unspecified atom stereocenters. The number of furan rings is 1. The van der Waals surface area contributed by atoms with Crippen LogP contribution in [0.1, 0.15) is 17.9 Å². The molecule has 0 spiro atoms. The van der Waals surface area contributed by atoms with Crippen molar-refractivity contribution in [1.82, 2.24) is 10.6 Å². The number of amides is 1. The molecule has 0 aliphatic carbocycles. The average molecular weight is 286 g/mol. The second kappa shape index (κ2) is 5.75. The van der Waals surface area contributed by atoms with Gasteiger partial charge in [-0.3, -0.25) is 4.79 Å². The molecule has 1 amide bonds. The second-order valence-corrected chi connectivity index (χ2v) is 6.99. The maximum Gasteiger partial charge on any atom is 0.221 e. The van der Waals surface area contributed by atoms with Gasteiger partial charge in [-0.1, -0.05) is 0 Å². The van der Waals surface area contributed by atoms with Crippen LogP contribution in [0.25, 0.3) is 0 Å². The van der Waals surface area contributed by atoms with Gasteiger partial charge in [0, 0.05) is 19.0 Å². The van der Waals surface area contributed by atoms with Gasteiger partial charge in [0.1, 0.15) is 11.5 Å². The summed E-state index contributed by atoms with van der Waals surface area (Å²) in [6.45, 7) is 2.58. The molecule has 1 aliphatic heterocycles. The number of sulfone groups is 1. The fraction of sp³-hybridized carbons (Fsp3) is 0.583. The maximum absolute atomic E-state index is 11.7. The summed E-state index contributed by atoms with van der Waals surface area (Å²) in [4.78, 5) is 11.7. The molecule has 6 nitrogen and oxygen atoms in total. The van der Waals surface area contributed by atoms with Crippen molar-refractivity contribution in [2.45, 2.75) is 25.9 Å². The summed E-state index contributed by atoms with van der Waals surface area (Å²) in [7, 11) is -3.00. The molecule has 1 fully saturated rings. The van der Waals surface area contributed by atoms with E-state index in [2.05, 4.69) is 10.6 Å². The Hall–Kier alpha value is -1.34. The van der Waals surface area contributed by atoms with Gasteiger partial charge in [0.2, 0.25) is 5.91 Å². The number of hydrogen-bond acceptors (Lipinski definition) is 5. The fourth-order valence-corrected chi connectivity index (χ4v) is 3.50. The Kier molecular flexibility index (Phi) is 4.26. The third-order valence-electron chi connectivity index (χ3n) is 2.99. The van der Waals surface area contributed by atoms with Crippen LogP contribution >= 0.6 is 0 Å². The van der Waals surface area contributed by atoms with E-state index in [0.717, 1.165) is 5.76 Å². The van der Waals surface area contributed by atoms with E-state index >= 15 is 0 Å². The van der Waals surface area contributed by atoms with Crippen molar-refractivity contribution in [3.05, 3.63) is 23.7 Å². The Morgan fingerprint density at radius 3 is 2.95 bits per heavy atom. The summed E-state index contributed by atoms with van der Waals surface area (Å²) in [5.41, 5.74) is 0. The molecule has 1 saturated heterocycles. The Labute approximate surface area is 112 Å². The van der Waals surface area contributed by atoms with Gasteiger partial charge in [0.15, 0.2) is 9.84 Å². The fourth-order valence-electron chi connectivity index (χ4n) is 2.06.